The van der Waals surface area contributed by atoms with Crippen LogP contribution in [0.15, 0.2) is 154 Å². The Morgan fingerprint density at radius 2 is 0.687 bits per heavy atom. The number of halogens is 6. The molecule has 0 aliphatic carbocycles. The van der Waals surface area contributed by atoms with E-state index in [0.717, 1.165) is 0 Å². The van der Waals surface area contributed by atoms with E-state index in [1.165, 1.54) is 50.9 Å². The summed E-state index contributed by atoms with van der Waals surface area (Å²) in [5.41, 5.74) is 10.7. The summed E-state index contributed by atoms with van der Waals surface area (Å²) in [5.74, 6) is -5.55. The third kappa shape index (κ3) is 16.7. The molecule has 762 valence electrons. The zero-order valence-electron chi connectivity index (χ0n) is 84.8. The number of pyridine rings is 3. The number of aromatic nitrogens is 12. The Morgan fingerprint density at radius 1 is 0.395 bits per heavy atom. The molecule has 9 aromatic heterocycles. The molecule has 37 heteroatoms. The second kappa shape index (κ2) is 38.7. The second-order valence-corrected chi connectivity index (χ2v) is 42.1. The molecule has 147 heavy (non-hydrogen) atoms. The molecule has 6 aromatic carbocycles. The van der Waals surface area contributed by atoms with E-state index in [4.69, 9.17) is 52.8 Å². The number of carbonyl (C=O) groups is 3. The smallest absolute Gasteiger partial charge is 0.417 e. The van der Waals surface area contributed by atoms with Crippen molar-refractivity contribution in [2.45, 2.75) is 222 Å². The number of carbonyl (C=O) groups excluding carboxylic acids is 3. The first-order valence-corrected chi connectivity index (χ1v) is 50.6. The van der Waals surface area contributed by atoms with E-state index < -0.39 is 40.3 Å². The van der Waals surface area contributed by atoms with Crippen LogP contribution in [-0.4, -0.2) is 173 Å². The molecule has 3 amide bonds. The number of aryl methyl sites for hydroxylation is 3. The largest absolute Gasteiger partial charge is 0.486 e. The summed E-state index contributed by atoms with van der Waals surface area (Å²) >= 11 is 21.2. The lowest BCUT2D eigenvalue weighted by atomic mass is 9.89. The highest BCUT2D eigenvalue weighted by Gasteiger charge is 2.47. The summed E-state index contributed by atoms with van der Waals surface area (Å²) < 4.78 is 80.8. The third-order valence-electron chi connectivity index (χ3n) is 29.5. The van der Waals surface area contributed by atoms with Gasteiger partial charge in [0, 0.05) is 137 Å². The van der Waals surface area contributed by atoms with Crippen molar-refractivity contribution in [1.29, 1.82) is 0 Å². The Bertz CT molecular complexity index is 8440. The highest BCUT2D eigenvalue weighted by molar-refractivity contribution is 6.36. The van der Waals surface area contributed by atoms with Gasteiger partial charge < -0.3 is 47.4 Å². The molecule has 0 saturated carbocycles. The predicted molar refractivity (Wildman–Crippen MR) is 566 cm³/mol. The Morgan fingerprint density at radius 3 is 1.02 bits per heavy atom. The van der Waals surface area contributed by atoms with Crippen LogP contribution in [0.25, 0.3) is 116 Å². The van der Waals surface area contributed by atoms with Crippen LogP contribution in [0.5, 0.6) is 5.75 Å². The van der Waals surface area contributed by atoms with Crippen molar-refractivity contribution in [3.63, 3.8) is 0 Å². The summed E-state index contributed by atoms with van der Waals surface area (Å²) in [5, 5.41) is 1.53. The monoisotopic (exact) mass is 2050 g/mol. The Kier molecular flexibility index (Phi) is 26.6. The molecule has 6 aliphatic rings. The quantitative estimate of drug-likeness (QED) is 0.0802. The van der Waals surface area contributed by atoms with Crippen molar-refractivity contribution in [1.82, 2.24) is 73.3 Å². The van der Waals surface area contributed by atoms with Crippen molar-refractivity contribution < 1.29 is 45.5 Å². The number of piperazine rings is 3. The van der Waals surface area contributed by atoms with Gasteiger partial charge in [0.25, 0.3) is 16.7 Å². The van der Waals surface area contributed by atoms with Crippen molar-refractivity contribution in [3.8, 4) is 56.2 Å². The third-order valence-corrected chi connectivity index (χ3v) is 30.4. The molecular formula is C110H112Cl3F3N18O13. The molecule has 0 bridgehead atoms. The van der Waals surface area contributed by atoms with Gasteiger partial charge in [-0.3, -0.25) is 57.4 Å². The van der Waals surface area contributed by atoms with E-state index in [1.807, 2.05) is 104 Å². The van der Waals surface area contributed by atoms with Gasteiger partial charge in [-0.2, -0.15) is 0 Å². The van der Waals surface area contributed by atoms with Gasteiger partial charge in [-0.25, -0.2) is 57.5 Å². The molecule has 3 fully saturated rings. The molecule has 0 radical (unpaired) electrons. The first kappa shape index (κ1) is 101. The zero-order valence-corrected chi connectivity index (χ0v) is 87.0. The van der Waals surface area contributed by atoms with Crippen LogP contribution in [0.2, 0.25) is 15.1 Å². The minimum absolute atomic E-state index is 0.0153. The number of nitrogens with zero attached hydrogens (tertiary/aromatic N) is 15. The number of H-pyrrole nitrogens is 3. The number of hydrogen-bond donors (Lipinski definition) is 3. The molecule has 3 N–H and O–H groups in total. The first-order valence-electron chi connectivity index (χ1n) is 49.5. The Labute approximate surface area is 856 Å². The first-order chi connectivity index (χ1) is 70.0. The Hall–Kier alpha value is -14.5. The fourth-order valence-corrected chi connectivity index (χ4v) is 23.6. The number of ether oxygens (including phenoxy) is 1. The van der Waals surface area contributed by atoms with Gasteiger partial charge in [0.05, 0.1) is 135 Å². The molecular weight excluding hydrogens is 1940 g/mol. The average Bonchev–Trinajstić information content (AvgIpc) is 1.70. The Balaban J connectivity index is 0.000000139. The van der Waals surface area contributed by atoms with Gasteiger partial charge in [0.1, 0.15) is 19.0 Å². The molecule has 31 nitrogen and oxygen atoms in total. The van der Waals surface area contributed by atoms with Gasteiger partial charge in [0.15, 0.2) is 34.2 Å². The van der Waals surface area contributed by atoms with Crippen LogP contribution in [0.1, 0.15) is 214 Å². The van der Waals surface area contributed by atoms with Gasteiger partial charge in [-0.1, -0.05) is 156 Å². The van der Waals surface area contributed by atoms with Crippen LogP contribution < -0.4 is 53.4 Å². The number of fused-ring (bicyclic) bond motifs is 18. The van der Waals surface area contributed by atoms with Gasteiger partial charge in [-0.15, -0.1) is 0 Å². The molecule has 21 rings (SSSR count). The fraction of sp³-hybridized carbons (Fsp3) is 0.373. The number of amides is 3. The molecule has 0 spiro atoms. The van der Waals surface area contributed by atoms with Crippen LogP contribution in [0.3, 0.4) is 0 Å². The minimum Gasteiger partial charge on any atom is -0.486 e. The van der Waals surface area contributed by atoms with E-state index in [1.54, 1.807) is 90.1 Å². The predicted octanol–water partition coefficient (Wildman–Crippen LogP) is 19.7. The SMILES string of the molecule is C=CC(=O)N1CC2CCOc3c(c4cc(Cl)c(-c5c(C)ccc6[nH]c(=O)oc56)c(F)c4n(-c4c(C(C)C)ncnc4C(C)C)c3=O)N2CC1C.C=CC(=O)N1CC2CCc3c(c4cc(Cl)c(-c5c(C)ccc6[nH]c(=O)oc56)c(F)c4n(-c4c(C(C)C)ncnc4C(C)C)c3=O)N2CC1C.C=CC(=O)N1CC2Cc3c(c4cc(Cl)c(-c5c(C)ccc6[nH]c(=O)oc56)c(F)c4n(-c4c(C(C)C)ncnc4C(C)C)c3=O)N2CC1C. The standard InChI is InChI=1S/C37H38ClFN6O5.C37H38ClFN6O4.C36H36ClFN6O4/c1-8-25(46)43-15-21-11-12-49-35-32(44(21)14-20(43)7)22-13-23(38)27(26-19(6)9-10-24-34(26)50-37(48)42-24)28(39)31(22)45(36(35)47)33-29(17(2)3)40-16-41-30(33)18(4)5;1-8-26(46)43-15-21-10-11-22-32(44(21)14-20(43)7)23-13-24(38)28(27-19(6)9-12-25-35(27)49-37(48)42-25)29(39)33(23)45(36(22)47)34-30(17(2)3)40-16-41-31(34)18(4)5;1-8-25(45)42-14-20-11-22-31(43(20)13-19(42)7)21-12-23(37)27(26-18(6)9-10-24-34(26)48-36(47)41-24)28(38)32(21)44(35(22)46)33-29(16(2)3)39-15-40-30(33)17(4)5/h8-10,13,16-18,20-21H,1,11-12,14-15H2,2-7H3,(H,42,48);8-9,12-13,16-18,20-21H,1,10-11,14-15H2,2-7H3,(H,42,48);8-10,12,15-17,19-20H,1,11,13-14H2,2-7H3,(H,41,47). The second-order valence-electron chi connectivity index (χ2n) is 40.9. The number of aromatic amines is 3. The van der Waals surface area contributed by atoms with Crippen molar-refractivity contribution in [2.75, 3.05) is 60.6 Å². The van der Waals surface area contributed by atoms with E-state index in [9.17, 15) is 28.8 Å². The summed E-state index contributed by atoms with van der Waals surface area (Å²) in [6, 6.07) is 14.2. The molecule has 6 unspecified atom stereocenters. The lowest BCUT2D eigenvalue weighted by Gasteiger charge is -2.49. The zero-order chi connectivity index (χ0) is 105. The van der Waals surface area contributed by atoms with Crippen molar-refractivity contribution in [3.05, 3.63) is 269 Å². The van der Waals surface area contributed by atoms with Gasteiger partial charge >= 0.3 is 17.3 Å². The number of anilines is 3. The summed E-state index contributed by atoms with van der Waals surface area (Å²) in [4.78, 5) is 168. The lowest BCUT2D eigenvalue weighted by molar-refractivity contribution is -0.129. The number of benzene rings is 6. The lowest BCUT2D eigenvalue weighted by Crippen LogP contribution is -2.60. The fourth-order valence-electron chi connectivity index (χ4n) is 22.7. The van der Waals surface area contributed by atoms with E-state index in [2.05, 4.69) is 79.3 Å². The maximum Gasteiger partial charge on any atom is 0.417 e. The maximum absolute atomic E-state index is 18.0. The molecule has 3 saturated heterocycles. The molecule has 15 aromatic rings. The van der Waals surface area contributed by atoms with E-state index >= 15 is 27.6 Å². The van der Waals surface area contributed by atoms with Gasteiger partial charge in [-0.05, 0) is 161 Å². The number of rotatable bonds is 15. The molecule has 6 aliphatic heterocycles. The maximum atomic E-state index is 18.0. The number of oxazole rings is 3. The number of hydrogen-bond acceptors (Lipinski definition) is 22. The topological polar surface area (TPSA) is 361 Å². The van der Waals surface area contributed by atoms with E-state index in [0.29, 0.717) is 205 Å². The van der Waals surface area contributed by atoms with Gasteiger partial charge in [0.2, 0.25) is 23.5 Å². The van der Waals surface area contributed by atoms with Crippen LogP contribution >= 0.6 is 34.8 Å². The molecule has 15 heterocycles. The van der Waals surface area contributed by atoms with Crippen LogP contribution in [0, 0.1) is 38.2 Å². The summed E-state index contributed by atoms with van der Waals surface area (Å²) in [6.07, 6.45) is 10.3. The minimum atomic E-state index is -0.783. The summed E-state index contributed by atoms with van der Waals surface area (Å²) in [7, 11) is 0. The van der Waals surface area contributed by atoms with Crippen LogP contribution in [0.4, 0.5) is 30.2 Å². The highest BCUT2D eigenvalue weighted by Crippen LogP contribution is 2.53. The average molecular weight is 2060 g/mol. The normalized spacial score (nSPS) is 17.6. The highest BCUT2D eigenvalue weighted by atomic mass is 35.5. The molecule has 6 atom stereocenters. The van der Waals surface area contributed by atoms with Crippen LogP contribution in [-0.2, 0) is 27.2 Å². The summed E-state index contributed by atoms with van der Waals surface area (Å²) in [6.45, 7) is 48.4. The van der Waals surface area contributed by atoms with E-state index in [-0.39, 0.29) is 184 Å². The van der Waals surface area contributed by atoms with Crippen molar-refractivity contribution in [2.24, 2.45) is 0 Å². The van der Waals surface area contributed by atoms with Crippen molar-refractivity contribution >= 4 is 136 Å². The number of nitrogens with one attached hydrogen (secondary N) is 3.